The highest BCUT2D eigenvalue weighted by Crippen LogP contribution is 2.54. The third-order valence-electron chi connectivity index (χ3n) is 8.89. The van der Waals surface area contributed by atoms with Crippen molar-refractivity contribution in [2.24, 2.45) is 11.8 Å². The van der Waals surface area contributed by atoms with E-state index >= 15 is 0 Å². The minimum absolute atomic E-state index is 0.0510. The molecule has 0 unspecified atom stereocenters. The van der Waals surface area contributed by atoms with E-state index in [1.165, 1.54) is 12.8 Å². The lowest BCUT2D eigenvalue weighted by Crippen LogP contribution is -2.59. The van der Waals surface area contributed by atoms with E-state index in [0.717, 1.165) is 62.5 Å². The van der Waals surface area contributed by atoms with Gasteiger partial charge < -0.3 is 19.7 Å². The number of benzene rings is 2. The van der Waals surface area contributed by atoms with Crippen LogP contribution in [0.5, 0.6) is 0 Å². The van der Waals surface area contributed by atoms with Crippen molar-refractivity contribution in [3.05, 3.63) is 71.8 Å². The Morgan fingerprint density at radius 3 is 1.29 bits per heavy atom. The summed E-state index contributed by atoms with van der Waals surface area (Å²) < 4.78 is 13.3. The van der Waals surface area contributed by atoms with E-state index in [9.17, 15) is 10.2 Å². The van der Waals surface area contributed by atoms with Crippen LogP contribution in [0.25, 0.3) is 0 Å². The van der Waals surface area contributed by atoms with E-state index < -0.39 is 29.2 Å². The van der Waals surface area contributed by atoms with Crippen molar-refractivity contribution in [2.75, 3.05) is 0 Å². The Balaban J connectivity index is 1.65. The Labute approximate surface area is 210 Å². The van der Waals surface area contributed by atoms with Crippen molar-refractivity contribution in [3.63, 3.8) is 0 Å². The highest BCUT2D eigenvalue weighted by Gasteiger charge is 2.63. The van der Waals surface area contributed by atoms with Crippen molar-refractivity contribution in [1.29, 1.82) is 0 Å². The van der Waals surface area contributed by atoms with Crippen LogP contribution in [0.1, 0.15) is 89.2 Å². The van der Waals surface area contributed by atoms with Gasteiger partial charge in [0.2, 0.25) is 0 Å². The van der Waals surface area contributed by atoms with E-state index in [0.29, 0.717) is 0 Å². The van der Waals surface area contributed by atoms with Crippen LogP contribution in [0.3, 0.4) is 0 Å². The standard InChI is InChI=1S/C31H42O4/c1-29(2)34-27(30(32,23-15-7-3-8-16-23)24-17-9-4-10-18-24)28(35-29)31(33,25-19-11-5-12-20-25)26-21-13-6-14-22-26/h3,5,7-8,11-12,15-16,19-20,24,26-28,32-33H,4,6,9-10,13-14,17-18,21-22H2,1-2H3/t27-,28-,30-,31+/m0/s1. The molecule has 4 nitrogen and oxygen atoms in total. The molecule has 2 N–H and O–H groups in total. The Hall–Kier alpha value is -1.72. The van der Waals surface area contributed by atoms with E-state index in [4.69, 9.17) is 9.47 Å². The predicted molar refractivity (Wildman–Crippen MR) is 138 cm³/mol. The second-order valence-corrected chi connectivity index (χ2v) is 11.5. The maximum atomic E-state index is 12.8. The minimum Gasteiger partial charge on any atom is -0.382 e. The van der Waals surface area contributed by atoms with Gasteiger partial charge in [0.15, 0.2) is 5.79 Å². The zero-order valence-electron chi connectivity index (χ0n) is 21.4. The summed E-state index contributed by atoms with van der Waals surface area (Å²) in [4.78, 5) is 0. The highest BCUT2D eigenvalue weighted by atomic mass is 16.8. The molecule has 3 aliphatic rings. The fraction of sp³-hybridized carbons (Fsp3) is 0.613. The Kier molecular flexibility index (Phi) is 7.11. The summed E-state index contributed by atoms with van der Waals surface area (Å²) >= 11 is 0. The summed E-state index contributed by atoms with van der Waals surface area (Å²) in [6.45, 7) is 3.83. The van der Waals surface area contributed by atoms with Crippen LogP contribution in [0.2, 0.25) is 0 Å². The first-order valence-corrected chi connectivity index (χ1v) is 13.8. The van der Waals surface area contributed by atoms with Gasteiger partial charge in [0.05, 0.1) is 0 Å². The number of hydrogen-bond donors (Lipinski definition) is 2. The second kappa shape index (κ2) is 9.97. The number of aliphatic hydroxyl groups is 2. The van der Waals surface area contributed by atoms with Gasteiger partial charge in [-0.05, 0) is 62.5 Å². The topological polar surface area (TPSA) is 58.9 Å². The Bertz CT molecular complexity index is 871. The molecule has 5 rings (SSSR count). The highest BCUT2D eigenvalue weighted by molar-refractivity contribution is 5.31. The van der Waals surface area contributed by atoms with Crippen molar-refractivity contribution < 1.29 is 19.7 Å². The lowest BCUT2D eigenvalue weighted by atomic mass is 9.63. The first-order valence-electron chi connectivity index (χ1n) is 13.8. The summed E-state index contributed by atoms with van der Waals surface area (Å²) in [5, 5.41) is 25.6. The first-order chi connectivity index (χ1) is 16.9. The van der Waals surface area contributed by atoms with Crippen LogP contribution in [0.4, 0.5) is 0 Å². The average molecular weight is 479 g/mol. The van der Waals surface area contributed by atoms with Gasteiger partial charge >= 0.3 is 0 Å². The molecule has 0 radical (unpaired) electrons. The molecule has 4 atom stereocenters. The zero-order valence-corrected chi connectivity index (χ0v) is 21.4. The van der Waals surface area contributed by atoms with Gasteiger partial charge in [-0.1, -0.05) is 99.2 Å². The molecule has 35 heavy (non-hydrogen) atoms. The lowest BCUT2D eigenvalue weighted by molar-refractivity contribution is -0.189. The van der Waals surface area contributed by atoms with Crippen molar-refractivity contribution in [3.8, 4) is 0 Å². The number of rotatable bonds is 6. The molecule has 2 aliphatic carbocycles. The van der Waals surface area contributed by atoms with Gasteiger partial charge in [-0.3, -0.25) is 0 Å². The summed E-state index contributed by atoms with van der Waals surface area (Å²) in [5.41, 5.74) is -0.778. The van der Waals surface area contributed by atoms with Gasteiger partial charge in [-0.2, -0.15) is 0 Å². The van der Waals surface area contributed by atoms with Gasteiger partial charge in [-0.25, -0.2) is 0 Å². The summed E-state index contributed by atoms with van der Waals surface area (Å²) in [6, 6.07) is 20.0. The molecule has 1 heterocycles. The first kappa shape index (κ1) is 25.0. The smallest absolute Gasteiger partial charge is 0.164 e. The molecule has 190 valence electrons. The fourth-order valence-corrected chi connectivity index (χ4v) is 7.16. The average Bonchev–Trinajstić information content (AvgIpc) is 3.26. The molecular formula is C31H42O4. The quantitative estimate of drug-likeness (QED) is 0.501. The molecule has 1 aliphatic heterocycles. The molecule has 1 saturated heterocycles. The van der Waals surface area contributed by atoms with Crippen molar-refractivity contribution in [2.45, 2.75) is 107 Å². The Morgan fingerprint density at radius 1 is 0.600 bits per heavy atom. The summed E-state index contributed by atoms with van der Waals surface area (Å²) in [7, 11) is 0. The predicted octanol–water partition coefficient (Wildman–Crippen LogP) is 6.44. The molecular weight excluding hydrogens is 436 g/mol. The molecule has 0 bridgehead atoms. The number of ether oxygens (including phenoxy) is 2. The summed E-state index contributed by atoms with van der Waals surface area (Å²) in [5.74, 6) is -0.811. The van der Waals surface area contributed by atoms with Crippen LogP contribution in [0.15, 0.2) is 60.7 Å². The molecule has 0 spiro atoms. The second-order valence-electron chi connectivity index (χ2n) is 11.5. The van der Waals surface area contributed by atoms with E-state index in [1.807, 2.05) is 74.5 Å². The molecule has 3 fully saturated rings. The van der Waals surface area contributed by atoms with Gasteiger partial charge in [0.1, 0.15) is 23.4 Å². The largest absolute Gasteiger partial charge is 0.382 e. The van der Waals surface area contributed by atoms with Gasteiger partial charge in [0, 0.05) is 0 Å². The third kappa shape index (κ3) is 4.59. The summed E-state index contributed by atoms with van der Waals surface area (Å²) in [6.07, 6.45) is 9.25. The molecule has 2 aromatic rings. The van der Waals surface area contributed by atoms with Crippen LogP contribution in [0, 0.1) is 11.8 Å². The number of hydrogen-bond acceptors (Lipinski definition) is 4. The van der Waals surface area contributed by atoms with E-state index in [1.54, 1.807) is 0 Å². The lowest BCUT2D eigenvalue weighted by Gasteiger charge is -2.49. The maximum Gasteiger partial charge on any atom is 0.164 e. The van der Waals surface area contributed by atoms with E-state index in [2.05, 4.69) is 0 Å². The minimum atomic E-state index is -1.25. The van der Waals surface area contributed by atoms with E-state index in [-0.39, 0.29) is 11.8 Å². The SMILES string of the molecule is CC1(C)O[C@H]([C@@](O)(c2ccccc2)C2CCCCC2)[C@@H]([C@](O)(c2ccccc2)C2CCCCC2)O1. The van der Waals surface area contributed by atoms with Gasteiger partial charge in [0.25, 0.3) is 0 Å². The van der Waals surface area contributed by atoms with Crippen molar-refractivity contribution in [1.82, 2.24) is 0 Å². The zero-order chi connectivity index (χ0) is 24.5. The molecule has 4 heteroatoms. The molecule has 0 aromatic heterocycles. The van der Waals surface area contributed by atoms with Crippen LogP contribution >= 0.6 is 0 Å². The molecule has 0 amide bonds. The Morgan fingerprint density at radius 2 is 0.943 bits per heavy atom. The van der Waals surface area contributed by atoms with Crippen LogP contribution < -0.4 is 0 Å². The normalized spacial score (nSPS) is 29.4. The molecule has 2 saturated carbocycles. The van der Waals surface area contributed by atoms with Gasteiger partial charge in [-0.15, -0.1) is 0 Å². The monoisotopic (exact) mass is 478 g/mol. The third-order valence-corrected chi connectivity index (χ3v) is 8.89. The van der Waals surface area contributed by atoms with Crippen LogP contribution in [-0.2, 0) is 20.7 Å². The fourth-order valence-electron chi connectivity index (χ4n) is 7.16. The van der Waals surface area contributed by atoms with Crippen LogP contribution in [-0.4, -0.2) is 28.2 Å². The molecule has 2 aromatic carbocycles. The maximum absolute atomic E-state index is 12.8. The van der Waals surface area contributed by atoms with Crippen molar-refractivity contribution >= 4 is 0 Å².